The van der Waals surface area contributed by atoms with Crippen LogP contribution in [0.5, 0.6) is 0 Å². The molecule has 3 N–H and O–H groups in total. The highest BCUT2D eigenvalue weighted by Gasteiger charge is 2.25. The molecule has 1 aromatic carbocycles. The number of hydrogen-bond acceptors (Lipinski definition) is 4. The smallest absolute Gasteiger partial charge is 0.250 e. The molecule has 0 unspecified atom stereocenters. The number of nitrogens with zero attached hydrogens (tertiary/aromatic N) is 1. The van der Waals surface area contributed by atoms with Crippen molar-refractivity contribution in [1.29, 1.82) is 0 Å². The minimum absolute atomic E-state index is 0.0242. The first-order chi connectivity index (χ1) is 14.2. The second-order valence-electron chi connectivity index (χ2n) is 9.00. The summed E-state index contributed by atoms with van der Waals surface area (Å²) in [6, 6.07) is 11.4. The van der Waals surface area contributed by atoms with Crippen LogP contribution in [0.1, 0.15) is 37.6 Å². The molecule has 160 valence electrons. The number of thiophene rings is 1. The molecule has 1 aromatic heterocycles. The zero-order valence-corrected chi connectivity index (χ0v) is 18.7. The first kappa shape index (κ1) is 22.2. The van der Waals surface area contributed by atoms with E-state index in [1.165, 1.54) is 5.56 Å². The molecule has 0 aliphatic carbocycles. The number of anilines is 1. The monoisotopic (exact) mass is 425 g/mol. The van der Waals surface area contributed by atoms with Crippen molar-refractivity contribution in [2.45, 2.75) is 52.1 Å². The number of amides is 2. The Labute approximate surface area is 183 Å². The summed E-state index contributed by atoms with van der Waals surface area (Å²) in [5.74, 6) is -0.412. The van der Waals surface area contributed by atoms with Crippen LogP contribution in [0.2, 0.25) is 0 Å². The first-order valence-corrected chi connectivity index (χ1v) is 11.3. The molecule has 0 bridgehead atoms. The third-order valence-corrected chi connectivity index (χ3v) is 6.10. The normalized spacial score (nSPS) is 15.9. The van der Waals surface area contributed by atoms with E-state index in [0.29, 0.717) is 13.0 Å². The van der Waals surface area contributed by atoms with Gasteiger partial charge in [0.2, 0.25) is 5.91 Å². The van der Waals surface area contributed by atoms with E-state index in [2.05, 4.69) is 32.2 Å². The summed E-state index contributed by atoms with van der Waals surface area (Å²) in [4.78, 5) is 27.9. The predicted octanol–water partition coefficient (Wildman–Crippen LogP) is 3.68. The maximum absolute atomic E-state index is 12.9. The highest BCUT2D eigenvalue weighted by atomic mass is 32.1. The number of benzene rings is 1. The van der Waals surface area contributed by atoms with Gasteiger partial charge in [0, 0.05) is 35.6 Å². The SMILES string of the molecule is CC(C)(C)C[C@@H](C=CC(=O)N1CCc2ccccc21)N[C@@H](Cc1cccs1)C(N)=O. The van der Waals surface area contributed by atoms with Gasteiger partial charge in [0.05, 0.1) is 6.04 Å². The Morgan fingerprint density at radius 2 is 2.00 bits per heavy atom. The van der Waals surface area contributed by atoms with Gasteiger partial charge >= 0.3 is 0 Å². The third kappa shape index (κ3) is 6.03. The van der Waals surface area contributed by atoms with Crippen molar-refractivity contribution >= 4 is 28.8 Å². The third-order valence-electron chi connectivity index (χ3n) is 5.20. The van der Waals surface area contributed by atoms with Crippen LogP contribution in [0.3, 0.4) is 0 Å². The summed E-state index contributed by atoms with van der Waals surface area (Å²) < 4.78 is 0. The van der Waals surface area contributed by atoms with Gasteiger partial charge in [-0.25, -0.2) is 0 Å². The van der Waals surface area contributed by atoms with Crippen LogP contribution < -0.4 is 16.0 Å². The summed E-state index contributed by atoms with van der Waals surface area (Å²) >= 11 is 1.61. The molecule has 5 nitrogen and oxygen atoms in total. The van der Waals surface area contributed by atoms with Gasteiger partial charge in [0.25, 0.3) is 5.91 Å². The quantitative estimate of drug-likeness (QED) is 0.634. The Morgan fingerprint density at radius 1 is 1.23 bits per heavy atom. The first-order valence-electron chi connectivity index (χ1n) is 10.4. The largest absolute Gasteiger partial charge is 0.368 e. The highest BCUT2D eigenvalue weighted by molar-refractivity contribution is 7.09. The van der Waals surface area contributed by atoms with Gasteiger partial charge in [-0.05, 0) is 41.3 Å². The number of nitrogens with two attached hydrogens (primary N) is 1. The molecule has 2 heterocycles. The lowest BCUT2D eigenvalue weighted by Gasteiger charge is -2.28. The predicted molar refractivity (Wildman–Crippen MR) is 124 cm³/mol. The summed E-state index contributed by atoms with van der Waals surface area (Å²) in [7, 11) is 0. The number of rotatable bonds is 8. The Kier molecular flexibility index (Phi) is 7.10. The topological polar surface area (TPSA) is 75.4 Å². The molecule has 2 aromatic rings. The van der Waals surface area contributed by atoms with Crippen molar-refractivity contribution in [3.05, 3.63) is 64.4 Å². The fourth-order valence-corrected chi connectivity index (χ4v) is 4.58. The Morgan fingerprint density at radius 3 is 2.67 bits per heavy atom. The van der Waals surface area contributed by atoms with Crippen LogP contribution >= 0.6 is 11.3 Å². The molecular formula is C24H31N3O2S. The average Bonchev–Trinajstić information content (AvgIpc) is 3.33. The number of primary amides is 1. The van der Waals surface area contributed by atoms with Gasteiger partial charge in [-0.15, -0.1) is 11.3 Å². The molecule has 2 atom stereocenters. The second kappa shape index (κ2) is 9.58. The lowest BCUT2D eigenvalue weighted by Crippen LogP contribution is -2.48. The van der Waals surface area contributed by atoms with Gasteiger partial charge in [-0.3, -0.25) is 14.9 Å². The van der Waals surface area contributed by atoms with Crippen molar-refractivity contribution in [2.24, 2.45) is 11.1 Å². The van der Waals surface area contributed by atoms with Gasteiger partial charge in [0.15, 0.2) is 0 Å². The number of para-hydroxylation sites is 1. The van der Waals surface area contributed by atoms with E-state index in [0.717, 1.165) is 23.4 Å². The number of carbonyl (C=O) groups excluding carboxylic acids is 2. The summed E-state index contributed by atoms with van der Waals surface area (Å²) in [5.41, 5.74) is 7.89. The number of nitrogens with one attached hydrogen (secondary N) is 1. The fourth-order valence-electron chi connectivity index (χ4n) is 3.83. The molecule has 1 aliphatic heterocycles. The molecular weight excluding hydrogens is 394 g/mol. The van der Waals surface area contributed by atoms with Gasteiger partial charge in [-0.1, -0.05) is 51.1 Å². The van der Waals surface area contributed by atoms with Crippen LogP contribution in [0.4, 0.5) is 5.69 Å². The van der Waals surface area contributed by atoms with Crippen molar-refractivity contribution < 1.29 is 9.59 Å². The summed E-state index contributed by atoms with van der Waals surface area (Å²) in [6.07, 6.45) is 5.73. The van der Waals surface area contributed by atoms with E-state index in [9.17, 15) is 9.59 Å². The van der Waals surface area contributed by atoms with Gasteiger partial charge < -0.3 is 10.6 Å². The Hall–Kier alpha value is -2.44. The molecule has 0 radical (unpaired) electrons. The summed E-state index contributed by atoms with van der Waals surface area (Å²) in [6.45, 7) is 7.13. The number of carbonyl (C=O) groups is 2. The van der Waals surface area contributed by atoms with Crippen LogP contribution in [0, 0.1) is 5.41 Å². The summed E-state index contributed by atoms with van der Waals surface area (Å²) in [5, 5.41) is 5.38. The molecule has 30 heavy (non-hydrogen) atoms. The van der Waals surface area contributed by atoms with Gasteiger partial charge in [0.1, 0.15) is 0 Å². The standard InChI is InChI=1S/C24H31N3O2S/c1-24(2,3)16-18(26-20(23(25)29)15-19-8-6-14-30-19)10-11-22(28)27-13-12-17-7-4-5-9-21(17)27/h4-11,14,18,20,26H,12-13,15-16H2,1-3H3,(H2,25,29)/t18-,20+/m1/s1. The van der Waals surface area contributed by atoms with Crippen molar-refractivity contribution in [3.8, 4) is 0 Å². The zero-order chi connectivity index (χ0) is 21.7. The van der Waals surface area contributed by atoms with Crippen LogP contribution in [0.25, 0.3) is 0 Å². The van der Waals surface area contributed by atoms with E-state index in [1.807, 2.05) is 46.7 Å². The fraction of sp³-hybridized carbons (Fsp3) is 0.417. The maximum atomic E-state index is 12.9. The maximum Gasteiger partial charge on any atom is 0.250 e. The molecule has 3 rings (SSSR count). The van der Waals surface area contributed by atoms with Crippen LogP contribution in [-0.4, -0.2) is 30.4 Å². The zero-order valence-electron chi connectivity index (χ0n) is 17.9. The molecule has 6 heteroatoms. The van der Waals surface area contributed by atoms with Gasteiger partial charge in [-0.2, -0.15) is 0 Å². The van der Waals surface area contributed by atoms with Crippen molar-refractivity contribution in [1.82, 2.24) is 5.32 Å². The molecule has 1 aliphatic rings. The van der Waals surface area contributed by atoms with E-state index in [1.54, 1.807) is 17.4 Å². The minimum Gasteiger partial charge on any atom is -0.368 e. The van der Waals surface area contributed by atoms with E-state index in [4.69, 9.17) is 5.73 Å². The molecule has 0 fully saturated rings. The molecule has 0 saturated heterocycles. The molecule has 0 spiro atoms. The lowest BCUT2D eigenvalue weighted by atomic mass is 9.87. The molecule has 2 amide bonds. The Balaban J connectivity index is 1.73. The van der Waals surface area contributed by atoms with Crippen molar-refractivity contribution in [2.75, 3.05) is 11.4 Å². The van der Waals surface area contributed by atoms with Crippen molar-refractivity contribution in [3.63, 3.8) is 0 Å². The highest BCUT2D eigenvalue weighted by Crippen LogP contribution is 2.28. The van der Waals surface area contributed by atoms with E-state index >= 15 is 0 Å². The van der Waals surface area contributed by atoms with Crippen LogP contribution in [-0.2, 0) is 22.4 Å². The average molecular weight is 426 g/mol. The van der Waals surface area contributed by atoms with E-state index in [-0.39, 0.29) is 23.3 Å². The lowest BCUT2D eigenvalue weighted by molar-refractivity contribution is -0.120. The Bertz CT molecular complexity index is 899. The number of hydrogen-bond donors (Lipinski definition) is 2. The van der Waals surface area contributed by atoms with E-state index < -0.39 is 6.04 Å². The second-order valence-corrected chi connectivity index (χ2v) is 10.0. The minimum atomic E-state index is -0.483. The van der Waals surface area contributed by atoms with Crippen LogP contribution in [0.15, 0.2) is 53.9 Å². The number of fused-ring (bicyclic) bond motifs is 1. The molecule has 0 saturated carbocycles.